The van der Waals surface area contributed by atoms with Crippen LogP contribution in [-0.4, -0.2) is 51.2 Å². The fourth-order valence-electron chi connectivity index (χ4n) is 3.34. The van der Waals surface area contributed by atoms with E-state index in [1.807, 2.05) is 12.1 Å². The molecule has 0 radical (unpaired) electrons. The molecule has 2 aromatic carbocycles. The van der Waals surface area contributed by atoms with Crippen molar-refractivity contribution in [3.63, 3.8) is 0 Å². The highest BCUT2D eigenvalue weighted by Crippen LogP contribution is 2.25. The minimum absolute atomic E-state index is 0.164. The topological polar surface area (TPSA) is 43.0 Å². The molecule has 1 aliphatic heterocycles. The zero-order valence-electron chi connectivity index (χ0n) is 16.2. The van der Waals surface area contributed by atoms with Crippen LogP contribution in [0, 0.1) is 0 Å². The summed E-state index contributed by atoms with van der Waals surface area (Å²) in [4.78, 5) is 2.37. The molecule has 2 aromatic rings. The Kier molecular flexibility index (Phi) is 7.35. The maximum atomic E-state index is 12.3. The van der Waals surface area contributed by atoms with Crippen molar-refractivity contribution in [3.05, 3.63) is 59.7 Å². The minimum Gasteiger partial charge on any atom is -0.497 e. The van der Waals surface area contributed by atoms with Crippen molar-refractivity contribution >= 4 is 0 Å². The molecular formula is C21H25F3N2O3. The number of rotatable bonds is 8. The molecule has 3 rings (SSSR count). The zero-order chi connectivity index (χ0) is 20.7. The van der Waals surface area contributed by atoms with Crippen LogP contribution in [0.2, 0.25) is 0 Å². The first-order chi connectivity index (χ1) is 13.9. The third-order valence-electron chi connectivity index (χ3n) is 4.81. The van der Waals surface area contributed by atoms with Crippen LogP contribution in [0.5, 0.6) is 11.5 Å². The Balaban J connectivity index is 1.60. The Morgan fingerprint density at radius 2 is 1.62 bits per heavy atom. The van der Waals surface area contributed by atoms with Gasteiger partial charge in [-0.2, -0.15) is 0 Å². The molecule has 1 aliphatic rings. The highest BCUT2D eigenvalue weighted by Gasteiger charge is 2.31. The van der Waals surface area contributed by atoms with Crippen molar-refractivity contribution in [2.24, 2.45) is 0 Å². The molecule has 8 heteroatoms. The summed E-state index contributed by atoms with van der Waals surface area (Å²) in [7, 11) is 1.64. The molecule has 0 bridgehead atoms. The van der Waals surface area contributed by atoms with Gasteiger partial charge in [0.05, 0.1) is 20.3 Å². The van der Waals surface area contributed by atoms with Gasteiger partial charge in [0.25, 0.3) is 0 Å². The van der Waals surface area contributed by atoms with Gasteiger partial charge < -0.3 is 19.5 Å². The Bertz CT molecular complexity index is 745. The number of benzene rings is 2. The molecule has 5 nitrogen and oxygen atoms in total. The van der Waals surface area contributed by atoms with Crippen LogP contribution in [0.3, 0.4) is 0 Å². The molecule has 0 spiro atoms. The average molecular weight is 410 g/mol. The number of ether oxygens (including phenoxy) is 3. The lowest BCUT2D eigenvalue weighted by Gasteiger charge is -2.35. The number of nitrogens with zero attached hydrogens (tertiary/aromatic N) is 1. The van der Waals surface area contributed by atoms with Crippen LogP contribution >= 0.6 is 0 Å². The first-order valence-corrected chi connectivity index (χ1v) is 9.46. The van der Waals surface area contributed by atoms with Gasteiger partial charge in [0.1, 0.15) is 11.5 Å². The summed E-state index contributed by atoms with van der Waals surface area (Å²) in [5.41, 5.74) is 2.06. The van der Waals surface area contributed by atoms with Gasteiger partial charge in [0, 0.05) is 32.2 Å². The molecular weight excluding hydrogens is 385 g/mol. The van der Waals surface area contributed by atoms with Crippen LogP contribution < -0.4 is 14.8 Å². The van der Waals surface area contributed by atoms with E-state index in [0.717, 1.165) is 24.4 Å². The first-order valence-electron chi connectivity index (χ1n) is 9.46. The summed E-state index contributed by atoms with van der Waals surface area (Å²) < 4.78 is 51.4. The van der Waals surface area contributed by atoms with Crippen LogP contribution in [0.4, 0.5) is 13.2 Å². The molecule has 158 valence electrons. The quantitative estimate of drug-likeness (QED) is 0.718. The van der Waals surface area contributed by atoms with Crippen LogP contribution in [0.25, 0.3) is 0 Å². The van der Waals surface area contributed by atoms with Gasteiger partial charge in [-0.25, -0.2) is 0 Å². The number of methoxy groups -OCH3 is 1. The molecule has 0 aromatic heterocycles. The molecule has 1 N–H and O–H groups in total. The van der Waals surface area contributed by atoms with Gasteiger partial charge >= 0.3 is 6.36 Å². The molecule has 0 saturated carbocycles. The second kappa shape index (κ2) is 9.96. The molecule has 0 amide bonds. The Labute approximate surface area is 168 Å². The summed E-state index contributed by atoms with van der Waals surface area (Å²) >= 11 is 0. The predicted octanol–water partition coefficient (Wildman–Crippen LogP) is 3.76. The van der Waals surface area contributed by atoms with Crippen molar-refractivity contribution in [3.8, 4) is 11.5 Å². The number of halogens is 3. The van der Waals surface area contributed by atoms with E-state index < -0.39 is 6.36 Å². The standard InChI is InChI=1S/C21H25F3N2O3/c1-27-18-8-4-17(5-9-18)20(26-10-12-28-13-11-26)15-25-14-16-2-6-19(7-3-16)29-21(22,23)24/h2-9,20,25H,10-15H2,1H3. The summed E-state index contributed by atoms with van der Waals surface area (Å²) in [5, 5.41) is 3.42. The SMILES string of the molecule is COc1ccc(C(CNCc2ccc(OC(F)(F)F)cc2)N2CCOCC2)cc1. The number of nitrogens with one attached hydrogen (secondary N) is 1. The van der Waals surface area contributed by atoms with Gasteiger partial charge in [0.15, 0.2) is 0 Å². The first kappa shape index (κ1) is 21.4. The fraction of sp³-hybridized carbons (Fsp3) is 0.429. The Hall–Kier alpha value is -2.29. The minimum atomic E-state index is -4.68. The molecule has 1 saturated heterocycles. The smallest absolute Gasteiger partial charge is 0.497 e. The van der Waals surface area contributed by atoms with E-state index in [1.54, 1.807) is 19.2 Å². The molecule has 1 fully saturated rings. The maximum absolute atomic E-state index is 12.3. The van der Waals surface area contributed by atoms with Gasteiger partial charge in [-0.05, 0) is 35.4 Å². The number of hydrogen-bond acceptors (Lipinski definition) is 5. The maximum Gasteiger partial charge on any atom is 0.573 e. The van der Waals surface area contributed by atoms with E-state index >= 15 is 0 Å². The van der Waals surface area contributed by atoms with Crippen molar-refractivity contribution in [1.82, 2.24) is 10.2 Å². The predicted molar refractivity (Wildman–Crippen MR) is 103 cm³/mol. The Morgan fingerprint density at radius 3 is 2.21 bits per heavy atom. The van der Waals surface area contributed by atoms with Crippen LogP contribution in [0.15, 0.2) is 48.5 Å². The third kappa shape index (κ3) is 6.62. The van der Waals surface area contributed by atoms with Crippen LogP contribution in [-0.2, 0) is 11.3 Å². The van der Waals surface area contributed by atoms with E-state index in [9.17, 15) is 13.2 Å². The van der Waals surface area contributed by atoms with Gasteiger partial charge in [0.2, 0.25) is 0 Å². The highest BCUT2D eigenvalue weighted by atomic mass is 19.4. The normalized spacial score (nSPS) is 16.4. The van der Waals surface area contributed by atoms with E-state index in [0.29, 0.717) is 26.3 Å². The number of hydrogen-bond donors (Lipinski definition) is 1. The van der Waals surface area contributed by atoms with Crippen LogP contribution in [0.1, 0.15) is 17.2 Å². The molecule has 1 atom stereocenters. The van der Waals surface area contributed by atoms with E-state index in [4.69, 9.17) is 9.47 Å². The largest absolute Gasteiger partial charge is 0.573 e. The van der Waals surface area contributed by atoms with Gasteiger partial charge in [-0.15, -0.1) is 13.2 Å². The third-order valence-corrected chi connectivity index (χ3v) is 4.81. The number of morpholine rings is 1. The fourth-order valence-corrected chi connectivity index (χ4v) is 3.34. The lowest BCUT2D eigenvalue weighted by molar-refractivity contribution is -0.274. The second-order valence-corrected chi connectivity index (χ2v) is 6.76. The number of alkyl halides is 3. The average Bonchev–Trinajstić information content (AvgIpc) is 2.72. The monoisotopic (exact) mass is 410 g/mol. The van der Waals surface area contributed by atoms with E-state index in [1.165, 1.54) is 17.7 Å². The van der Waals surface area contributed by atoms with Crippen molar-refractivity contribution < 1.29 is 27.4 Å². The molecule has 0 aliphatic carbocycles. The van der Waals surface area contributed by atoms with E-state index in [2.05, 4.69) is 27.1 Å². The van der Waals surface area contributed by atoms with Crippen molar-refractivity contribution in [2.45, 2.75) is 18.9 Å². The van der Waals surface area contributed by atoms with Crippen molar-refractivity contribution in [1.29, 1.82) is 0 Å². The molecule has 1 unspecified atom stereocenters. The van der Waals surface area contributed by atoms with Gasteiger partial charge in [-0.3, -0.25) is 4.90 Å². The molecule has 1 heterocycles. The summed E-state index contributed by atoms with van der Waals surface area (Å²) in [6, 6.07) is 14.1. The highest BCUT2D eigenvalue weighted by molar-refractivity contribution is 5.30. The lowest BCUT2D eigenvalue weighted by Crippen LogP contribution is -2.42. The summed E-state index contributed by atoms with van der Waals surface area (Å²) in [5.74, 6) is 0.592. The summed E-state index contributed by atoms with van der Waals surface area (Å²) in [6.45, 7) is 4.35. The lowest BCUT2D eigenvalue weighted by atomic mass is 10.0. The van der Waals surface area contributed by atoms with E-state index in [-0.39, 0.29) is 11.8 Å². The zero-order valence-corrected chi connectivity index (χ0v) is 16.2. The summed E-state index contributed by atoms with van der Waals surface area (Å²) in [6.07, 6.45) is -4.68. The van der Waals surface area contributed by atoms with Gasteiger partial charge in [-0.1, -0.05) is 24.3 Å². The molecule has 29 heavy (non-hydrogen) atoms. The van der Waals surface area contributed by atoms with Crippen molar-refractivity contribution in [2.75, 3.05) is 40.0 Å². The Morgan fingerprint density at radius 1 is 1.00 bits per heavy atom. The second-order valence-electron chi connectivity index (χ2n) is 6.76.